The quantitative estimate of drug-likeness (QED) is 0.594. The Morgan fingerprint density at radius 3 is 2.29 bits per heavy atom. The first-order valence-corrected chi connectivity index (χ1v) is 7.50. The molecule has 3 heteroatoms. The lowest BCUT2D eigenvalue weighted by Gasteiger charge is -2.27. The summed E-state index contributed by atoms with van der Waals surface area (Å²) in [6, 6.07) is 10.4. The Labute approximate surface area is 125 Å². The molecule has 1 aromatic carbocycles. The summed E-state index contributed by atoms with van der Waals surface area (Å²) in [5, 5.41) is 0. The van der Waals surface area contributed by atoms with Gasteiger partial charge in [0.2, 0.25) is 0 Å². The Hall–Kier alpha value is -2.16. The molecule has 1 aliphatic heterocycles. The highest BCUT2D eigenvalue weighted by molar-refractivity contribution is 6.12. The van der Waals surface area contributed by atoms with E-state index in [9.17, 15) is 9.59 Å². The van der Waals surface area contributed by atoms with Gasteiger partial charge in [-0.3, -0.25) is 14.5 Å². The summed E-state index contributed by atoms with van der Waals surface area (Å²) in [5.74, 6) is 0.0736. The second-order valence-corrected chi connectivity index (χ2v) is 5.65. The molecule has 1 aromatic rings. The van der Waals surface area contributed by atoms with Crippen LogP contribution in [0.4, 0.5) is 0 Å². The summed E-state index contributed by atoms with van der Waals surface area (Å²) in [4.78, 5) is 24.6. The van der Waals surface area contributed by atoms with Crippen LogP contribution in [0.2, 0.25) is 0 Å². The Morgan fingerprint density at radius 2 is 1.71 bits per heavy atom. The zero-order chi connectivity index (χ0) is 14.7. The number of amides is 2. The van der Waals surface area contributed by atoms with E-state index >= 15 is 0 Å². The third-order valence-corrected chi connectivity index (χ3v) is 4.29. The summed E-state index contributed by atoms with van der Waals surface area (Å²) in [5.41, 5.74) is 2.79. The first kappa shape index (κ1) is 13.8. The van der Waals surface area contributed by atoms with Gasteiger partial charge in [-0.25, -0.2) is 0 Å². The maximum Gasteiger partial charge on any atom is 0.253 e. The molecule has 1 heterocycles. The number of hydrogen-bond donors (Lipinski definition) is 0. The number of hydrogen-bond acceptors (Lipinski definition) is 2. The van der Waals surface area contributed by atoms with Gasteiger partial charge in [0.25, 0.3) is 11.8 Å². The van der Waals surface area contributed by atoms with Gasteiger partial charge in [0, 0.05) is 18.7 Å². The van der Waals surface area contributed by atoms with E-state index in [1.165, 1.54) is 28.2 Å². The molecule has 1 atom stereocenters. The molecule has 0 radical (unpaired) electrons. The normalized spacial score (nSPS) is 18.7. The molecule has 2 amide bonds. The van der Waals surface area contributed by atoms with Crippen LogP contribution in [0.3, 0.4) is 0 Å². The summed E-state index contributed by atoms with van der Waals surface area (Å²) in [6.45, 7) is 0.513. The highest BCUT2D eigenvalue weighted by atomic mass is 16.2. The van der Waals surface area contributed by atoms with E-state index in [0.717, 1.165) is 25.7 Å². The fourth-order valence-electron chi connectivity index (χ4n) is 2.94. The second kappa shape index (κ2) is 6.08. The topological polar surface area (TPSA) is 37.4 Å². The summed E-state index contributed by atoms with van der Waals surface area (Å²) in [7, 11) is 0. The van der Waals surface area contributed by atoms with E-state index < -0.39 is 0 Å². The van der Waals surface area contributed by atoms with Crippen molar-refractivity contribution >= 4 is 11.8 Å². The molecule has 0 saturated heterocycles. The Bertz CT molecular complexity index is 583. The van der Waals surface area contributed by atoms with Gasteiger partial charge < -0.3 is 0 Å². The third-order valence-electron chi connectivity index (χ3n) is 4.29. The largest absolute Gasteiger partial charge is 0.275 e. The van der Waals surface area contributed by atoms with Crippen molar-refractivity contribution in [3.8, 4) is 0 Å². The van der Waals surface area contributed by atoms with Crippen LogP contribution in [0.5, 0.6) is 0 Å². The van der Waals surface area contributed by atoms with Crippen molar-refractivity contribution in [1.29, 1.82) is 0 Å². The predicted octanol–water partition coefficient (Wildman–Crippen LogP) is 2.88. The van der Waals surface area contributed by atoms with E-state index in [1.807, 2.05) is 6.07 Å². The molecular weight excluding hydrogens is 262 g/mol. The third kappa shape index (κ3) is 3.13. The summed E-state index contributed by atoms with van der Waals surface area (Å²) in [6.07, 6.45) is 9.14. The van der Waals surface area contributed by atoms with Crippen molar-refractivity contribution in [1.82, 2.24) is 4.90 Å². The van der Waals surface area contributed by atoms with Gasteiger partial charge in [0.1, 0.15) is 0 Å². The molecule has 0 fully saturated rings. The van der Waals surface area contributed by atoms with Gasteiger partial charge in [-0.05, 0) is 37.2 Å². The number of carbonyl (C=O) groups excluding carboxylic acids is 2. The fraction of sp³-hybridized carbons (Fsp3) is 0.333. The van der Waals surface area contributed by atoms with Crippen molar-refractivity contribution in [3.05, 3.63) is 59.7 Å². The maximum absolute atomic E-state index is 11.6. The molecule has 2 aliphatic rings. The SMILES string of the molecule is O=C1C=CC(=O)N1CCC(Cc1ccccc1)C1=CCC1. The minimum atomic E-state index is -0.180. The molecule has 0 spiro atoms. The van der Waals surface area contributed by atoms with Gasteiger partial charge in [0.15, 0.2) is 0 Å². The average Bonchev–Trinajstić information content (AvgIpc) is 2.75. The molecule has 0 N–H and O–H groups in total. The van der Waals surface area contributed by atoms with Crippen LogP contribution in [0, 0.1) is 5.92 Å². The van der Waals surface area contributed by atoms with Gasteiger partial charge >= 0.3 is 0 Å². The smallest absolute Gasteiger partial charge is 0.253 e. The zero-order valence-electron chi connectivity index (χ0n) is 12.0. The van der Waals surface area contributed by atoms with E-state index in [-0.39, 0.29) is 11.8 Å². The molecule has 21 heavy (non-hydrogen) atoms. The summed E-state index contributed by atoms with van der Waals surface area (Å²) < 4.78 is 0. The van der Waals surface area contributed by atoms with Crippen LogP contribution in [0.15, 0.2) is 54.1 Å². The minimum absolute atomic E-state index is 0.180. The highest BCUT2D eigenvalue weighted by Crippen LogP contribution is 2.31. The lowest BCUT2D eigenvalue weighted by Crippen LogP contribution is -2.32. The van der Waals surface area contributed by atoms with Crippen LogP contribution in [0.1, 0.15) is 24.8 Å². The molecule has 1 aliphatic carbocycles. The van der Waals surface area contributed by atoms with Crippen molar-refractivity contribution in [2.75, 3.05) is 6.54 Å². The van der Waals surface area contributed by atoms with Crippen LogP contribution in [-0.2, 0) is 16.0 Å². The van der Waals surface area contributed by atoms with Crippen molar-refractivity contribution in [3.63, 3.8) is 0 Å². The average molecular weight is 281 g/mol. The molecule has 108 valence electrons. The molecule has 0 bridgehead atoms. The van der Waals surface area contributed by atoms with Gasteiger partial charge in [-0.15, -0.1) is 0 Å². The van der Waals surface area contributed by atoms with E-state index in [4.69, 9.17) is 0 Å². The second-order valence-electron chi connectivity index (χ2n) is 5.65. The number of allylic oxidation sites excluding steroid dienone is 2. The van der Waals surface area contributed by atoms with Crippen molar-refractivity contribution in [2.24, 2.45) is 5.92 Å². The van der Waals surface area contributed by atoms with Crippen LogP contribution in [-0.4, -0.2) is 23.3 Å². The number of benzene rings is 1. The molecular formula is C18H19NO2. The van der Waals surface area contributed by atoms with E-state index in [2.05, 4.69) is 30.3 Å². The first-order valence-electron chi connectivity index (χ1n) is 7.50. The van der Waals surface area contributed by atoms with E-state index in [1.54, 1.807) is 0 Å². The van der Waals surface area contributed by atoms with Gasteiger partial charge in [0.05, 0.1) is 0 Å². The van der Waals surface area contributed by atoms with Gasteiger partial charge in [-0.2, -0.15) is 0 Å². The lowest BCUT2D eigenvalue weighted by molar-refractivity contribution is -0.136. The standard InChI is InChI=1S/C18H19NO2/c20-17-9-10-18(21)19(17)12-11-16(15-7-4-8-15)13-14-5-2-1-3-6-14/h1-3,5-7,9-10,16H,4,8,11-13H2. The first-order chi connectivity index (χ1) is 10.2. The molecule has 1 unspecified atom stereocenters. The van der Waals surface area contributed by atoms with Crippen LogP contribution >= 0.6 is 0 Å². The lowest BCUT2D eigenvalue weighted by atomic mass is 9.81. The zero-order valence-corrected chi connectivity index (χ0v) is 12.0. The number of rotatable bonds is 6. The minimum Gasteiger partial charge on any atom is -0.275 e. The van der Waals surface area contributed by atoms with Gasteiger partial charge in [-0.1, -0.05) is 42.0 Å². The molecule has 0 aromatic heterocycles. The Kier molecular flexibility index (Phi) is 4.00. The Morgan fingerprint density at radius 1 is 1.05 bits per heavy atom. The van der Waals surface area contributed by atoms with Crippen molar-refractivity contribution < 1.29 is 9.59 Å². The fourth-order valence-corrected chi connectivity index (χ4v) is 2.94. The Balaban J connectivity index is 1.63. The molecule has 0 saturated carbocycles. The maximum atomic E-state index is 11.6. The number of carbonyl (C=O) groups is 2. The van der Waals surface area contributed by atoms with Crippen LogP contribution in [0.25, 0.3) is 0 Å². The number of nitrogens with zero attached hydrogens (tertiary/aromatic N) is 1. The van der Waals surface area contributed by atoms with E-state index in [0.29, 0.717) is 12.5 Å². The van der Waals surface area contributed by atoms with Crippen molar-refractivity contribution in [2.45, 2.75) is 25.7 Å². The predicted molar refractivity (Wildman–Crippen MR) is 81.4 cm³/mol. The highest BCUT2D eigenvalue weighted by Gasteiger charge is 2.26. The summed E-state index contributed by atoms with van der Waals surface area (Å²) >= 11 is 0. The number of imide groups is 1. The molecule has 3 rings (SSSR count). The molecule has 3 nitrogen and oxygen atoms in total. The monoisotopic (exact) mass is 281 g/mol. The van der Waals surface area contributed by atoms with Crippen LogP contribution < -0.4 is 0 Å².